The first-order valence-electron chi connectivity index (χ1n) is 8.05. The molecule has 3 rings (SSSR count). The fourth-order valence-electron chi connectivity index (χ4n) is 2.65. The van der Waals surface area contributed by atoms with Crippen LogP contribution in [0.3, 0.4) is 0 Å². The van der Waals surface area contributed by atoms with E-state index in [-0.39, 0.29) is 18.0 Å². The van der Waals surface area contributed by atoms with Gasteiger partial charge in [0.1, 0.15) is 6.04 Å². The van der Waals surface area contributed by atoms with Crippen LogP contribution in [0.5, 0.6) is 0 Å². The Morgan fingerprint density at radius 2 is 2.17 bits per heavy atom. The molecule has 9 nitrogen and oxygen atoms in total. The van der Waals surface area contributed by atoms with Crippen molar-refractivity contribution in [2.75, 3.05) is 6.54 Å². The molecule has 3 heterocycles. The van der Waals surface area contributed by atoms with Crippen molar-refractivity contribution in [3.63, 3.8) is 0 Å². The molecule has 128 valence electrons. The van der Waals surface area contributed by atoms with Crippen molar-refractivity contribution in [2.45, 2.75) is 45.2 Å². The highest BCUT2D eigenvalue weighted by molar-refractivity contribution is 6.04. The van der Waals surface area contributed by atoms with Gasteiger partial charge in [0, 0.05) is 31.4 Å². The number of hydrogen-bond donors (Lipinski definition) is 2. The summed E-state index contributed by atoms with van der Waals surface area (Å²) in [6.07, 6.45) is 7.19. The molecule has 0 spiro atoms. The summed E-state index contributed by atoms with van der Waals surface area (Å²) in [5, 5.41) is 17.4. The molecular weight excluding hydrogens is 310 g/mol. The summed E-state index contributed by atoms with van der Waals surface area (Å²) in [6, 6.07) is -0.697. The number of carbonyl (C=O) groups is 2. The summed E-state index contributed by atoms with van der Waals surface area (Å²) in [7, 11) is 0. The van der Waals surface area contributed by atoms with Crippen molar-refractivity contribution < 1.29 is 9.59 Å². The minimum atomic E-state index is -0.566. The first-order chi connectivity index (χ1) is 11.5. The molecule has 1 aliphatic heterocycles. The zero-order valence-corrected chi connectivity index (χ0v) is 13.8. The Labute approximate surface area is 139 Å². The summed E-state index contributed by atoms with van der Waals surface area (Å²) in [4.78, 5) is 25.7. The van der Waals surface area contributed by atoms with Crippen LogP contribution in [0.1, 0.15) is 37.6 Å². The third-order valence-electron chi connectivity index (χ3n) is 4.01. The molecule has 0 radical (unpaired) electrons. The zero-order chi connectivity index (χ0) is 17.1. The molecule has 1 fully saturated rings. The second kappa shape index (κ2) is 6.81. The molecule has 24 heavy (non-hydrogen) atoms. The Hall–Kier alpha value is -2.71. The maximum Gasteiger partial charge on any atom is 0.324 e. The summed E-state index contributed by atoms with van der Waals surface area (Å²) in [6.45, 7) is 4.40. The van der Waals surface area contributed by atoms with Gasteiger partial charge in [-0.25, -0.2) is 9.48 Å². The number of H-pyrrole nitrogens is 1. The molecule has 1 atom stereocenters. The van der Waals surface area contributed by atoms with Crippen molar-refractivity contribution in [1.29, 1.82) is 0 Å². The van der Waals surface area contributed by atoms with E-state index in [1.807, 2.05) is 26.2 Å². The molecule has 0 aliphatic carbocycles. The summed E-state index contributed by atoms with van der Waals surface area (Å²) < 4.78 is 1.74. The van der Waals surface area contributed by atoms with E-state index in [4.69, 9.17) is 0 Å². The lowest BCUT2D eigenvalue weighted by Crippen LogP contribution is -2.33. The molecule has 0 bridgehead atoms. The van der Waals surface area contributed by atoms with Gasteiger partial charge in [0.2, 0.25) is 0 Å². The second-order valence-electron chi connectivity index (χ2n) is 6.19. The van der Waals surface area contributed by atoms with Gasteiger partial charge in [-0.15, -0.1) is 5.10 Å². The summed E-state index contributed by atoms with van der Waals surface area (Å²) in [5.41, 5.74) is 1.76. The van der Waals surface area contributed by atoms with Gasteiger partial charge >= 0.3 is 6.03 Å². The highest BCUT2D eigenvalue weighted by Crippen LogP contribution is 2.13. The maximum absolute atomic E-state index is 12.4. The van der Waals surface area contributed by atoms with Gasteiger partial charge in [0.05, 0.1) is 11.9 Å². The third kappa shape index (κ3) is 3.44. The van der Waals surface area contributed by atoms with Crippen LogP contribution in [-0.2, 0) is 17.6 Å². The highest BCUT2D eigenvalue weighted by atomic mass is 16.2. The Bertz CT molecular complexity index is 707. The topological polar surface area (TPSA) is 109 Å². The molecule has 1 unspecified atom stereocenters. The van der Waals surface area contributed by atoms with Crippen LogP contribution in [0.25, 0.3) is 0 Å². The molecule has 2 aromatic rings. The highest BCUT2D eigenvalue weighted by Gasteiger charge is 2.37. The lowest BCUT2D eigenvalue weighted by Gasteiger charge is -2.12. The molecule has 2 aromatic heterocycles. The summed E-state index contributed by atoms with van der Waals surface area (Å²) >= 11 is 0. The van der Waals surface area contributed by atoms with Crippen molar-refractivity contribution >= 4 is 11.9 Å². The third-order valence-corrected chi connectivity index (χ3v) is 4.01. The Kier molecular flexibility index (Phi) is 4.59. The van der Waals surface area contributed by atoms with E-state index in [2.05, 4.69) is 25.8 Å². The number of aromatic amines is 1. The van der Waals surface area contributed by atoms with Gasteiger partial charge < -0.3 is 5.32 Å². The van der Waals surface area contributed by atoms with E-state index in [9.17, 15) is 9.59 Å². The molecule has 3 amide bonds. The van der Waals surface area contributed by atoms with Gasteiger partial charge in [-0.1, -0.05) is 5.21 Å². The normalized spacial score (nSPS) is 17.8. The average Bonchev–Trinajstić information content (AvgIpc) is 3.25. The molecule has 2 N–H and O–H groups in total. The van der Waals surface area contributed by atoms with Gasteiger partial charge in [-0.2, -0.15) is 5.10 Å². The molecule has 0 aromatic carbocycles. The Morgan fingerprint density at radius 3 is 2.83 bits per heavy atom. The predicted molar refractivity (Wildman–Crippen MR) is 85.1 cm³/mol. The number of amides is 3. The van der Waals surface area contributed by atoms with E-state index in [1.54, 1.807) is 10.9 Å². The van der Waals surface area contributed by atoms with E-state index in [0.717, 1.165) is 12.0 Å². The van der Waals surface area contributed by atoms with E-state index in [1.165, 1.54) is 4.90 Å². The number of hydrogen-bond acceptors (Lipinski definition) is 5. The number of rotatable bonds is 7. The van der Waals surface area contributed by atoms with Crippen LogP contribution in [0.4, 0.5) is 4.79 Å². The second-order valence-corrected chi connectivity index (χ2v) is 6.19. The van der Waals surface area contributed by atoms with Crippen LogP contribution < -0.4 is 5.32 Å². The van der Waals surface area contributed by atoms with Crippen molar-refractivity contribution in [3.05, 3.63) is 29.8 Å². The van der Waals surface area contributed by atoms with Crippen LogP contribution in [0.2, 0.25) is 0 Å². The fourth-order valence-corrected chi connectivity index (χ4v) is 2.65. The predicted octanol–water partition coefficient (Wildman–Crippen LogP) is 0.678. The smallest absolute Gasteiger partial charge is 0.324 e. The van der Waals surface area contributed by atoms with E-state index < -0.39 is 6.04 Å². The lowest BCUT2D eigenvalue weighted by atomic mass is 10.1. The first kappa shape index (κ1) is 16.2. The molecule has 0 saturated carbocycles. The van der Waals surface area contributed by atoms with Crippen LogP contribution >= 0.6 is 0 Å². The number of nitrogens with one attached hydrogen (secondary N) is 2. The number of nitrogens with zero attached hydrogens (tertiary/aromatic N) is 5. The number of carbonyl (C=O) groups excluding carboxylic acids is 2. The molecule has 1 aliphatic rings. The van der Waals surface area contributed by atoms with E-state index in [0.29, 0.717) is 25.1 Å². The lowest BCUT2D eigenvalue weighted by molar-refractivity contribution is -0.127. The summed E-state index contributed by atoms with van der Waals surface area (Å²) in [5.74, 6) is -0.203. The van der Waals surface area contributed by atoms with Gasteiger partial charge in [-0.3, -0.25) is 14.8 Å². The number of aryl methyl sites for hydroxylation is 1. The number of aromatic nitrogens is 5. The quantitative estimate of drug-likeness (QED) is 0.725. The van der Waals surface area contributed by atoms with Crippen molar-refractivity contribution in [2.24, 2.45) is 0 Å². The van der Waals surface area contributed by atoms with Crippen molar-refractivity contribution in [1.82, 2.24) is 35.4 Å². The Morgan fingerprint density at radius 1 is 1.33 bits per heavy atom. The number of urea groups is 1. The minimum absolute atomic E-state index is 0.203. The monoisotopic (exact) mass is 331 g/mol. The Balaban J connectivity index is 1.54. The SMILES string of the molecule is CC(C)n1cc(CC2NC(=O)N(CCCc3cn[nH]c3)C2=O)nn1. The maximum atomic E-state index is 12.4. The van der Waals surface area contributed by atoms with Gasteiger partial charge in [-0.05, 0) is 32.3 Å². The zero-order valence-electron chi connectivity index (χ0n) is 13.8. The largest absolute Gasteiger partial charge is 0.325 e. The molecule has 9 heteroatoms. The van der Waals surface area contributed by atoms with E-state index >= 15 is 0 Å². The van der Waals surface area contributed by atoms with Gasteiger partial charge in [0.25, 0.3) is 5.91 Å². The molecule has 1 saturated heterocycles. The number of imide groups is 1. The standard InChI is InChI=1S/C15H21N7O2/c1-10(2)22-9-12(19-20-22)6-13-14(23)21(15(24)18-13)5-3-4-11-7-16-17-8-11/h7-10,13H,3-6H2,1-2H3,(H,16,17)(H,18,24). The van der Waals surface area contributed by atoms with Crippen LogP contribution in [-0.4, -0.2) is 54.6 Å². The fraction of sp³-hybridized carbons (Fsp3) is 0.533. The van der Waals surface area contributed by atoms with Crippen LogP contribution in [0.15, 0.2) is 18.6 Å². The first-order valence-corrected chi connectivity index (χ1v) is 8.05. The molecular formula is C15H21N7O2. The van der Waals surface area contributed by atoms with Crippen molar-refractivity contribution in [3.8, 4) is 0 Å². The van der Waals surface area contributed by atoms with Gasteiger partial charge in [0.15, 0.2) is 0 Å². The van der Waals surface area contributed by atoms with Crippen LogP contribution in [0, 0.1) is 0 Å². The minimum Gasteiger partial charge on any atom is -0.325 e. The average molecular weight is 331 g/mol.